The van der Waals surface area contributed by atoms with Gasteiger partial charge in [0, 0.05) is 26.3 Å². The number of hydrogen-bond donors (Lipinski definition) is 1. The SMILES string of the molecule is COCCn1cncc1CNC(=O)[C@@]1(C)CC(C)=NO1. The van der Waals surface area contributed by atoms with Crippen LogP contribution in [0.5, 0.6) is 0 Å². The van der Waals surface area contributed by atoms with Crippen LogP contribution in [-0.4, -0.2) is 40.5 Å². The van der Waals surface area contributed by atoms with Gasteiger partial charge in [-0.05, 0) is 13.8 Å². The number of nitrogens with zero attached hydrogens (tertiary/aromatic N) is 3. The number of carbonyl (C=O) groups excluding carboxylic acids is 1. The van der Waals surface area contributed by atoms with Gasteiger partial charge in [0.05, 0.1) is 30.9 Å². The van der Waals surface area contributed by atoms with Crippen LogP contribution >= 0.6 is 0 Å². The highest BCUT2D eigenvalue weighted by Gasteiger charge is 2.40. The number of amides is 1. The van der Waals surface area contributed by atoms with Crippen molar-refractivity contribution in [3.8, 4) is 0 Å². The molecule has 1 atom stereocenters. The Kier molecular flexibility index (Phi) is 4.39. The molecule has 1 aliphatic rings. The van der Waals surface area contributed by atoms with Gasteiger partial charge in [-0.3, -0.25) is 4.79 Å². The van der Waals surface area contributed by atoms with Gasteiger partial charge in [-0.1, -0.05) is 5.16 Å². The molecule has 0 saturated heterocycles. The molecule has 2 heterocycles. The Labute approximate surface area is 118 Å². The largest absolute Gasteiger partial charge is 0.383 e. The second-order valence-electron chi connectivity index (χ2n) is 5.08. The van der Waals surface area contributed by atoms with E-state index in [1.165, 1.54) is 0 Å². The molecule has 7 heteroatoms. The van der Waals surface area contributed by atoms with Crippen LogP contribution in [0.15, 0.2) is 17.7 Å². The molecule has 0 fully saturated rings. The molecule has 0 unspecified atom stereocenters. The summed E-state index contributed by atoms with van der Waals surface area (Å²) >= 11 is 0. The summed E-state index contributed by atoms with van der Waals surface area (Å²) in [6, 6.07) is 0. The Hall–Kier alpha value is -1.89. The third-order valence-corrected chi connectivity index (χ3v) is 3.24. The molecular formula is C13H20N4O3. The molecule has 1 amide bonds. The molecule has 1 aliphatic heterocycles. The van der Waals surface area contributed by atoms with Crippen molar-refractivity contribution in [2.45, 2.75) is 39.0 Å². The van der Waals surface area contributed by atoms with Crippen molar-refractivity contribution < 1.29 is 14.4 Å². The molecular weight excluding hydrogens is 260 g/mol. The minimum absolute atomic E-state index is 0.169. The molecule has 0 radical (unpaired) electrons. The van der Waals surface area contributed by atoms with E-state index in [1.807, 2.05) is 11.5 Å². The zero-order valence-electron chi connectivity index (χ0n) is 12.0. The van der Waals surface area contributed by atoms with Gasteiger partial charge in [-0.2, -0.15) is 0 Å². The first-order valence-electron chi connectivity index (χ1n) is 6.53. The van der Waals surface area contributed by atoms with Crippen LogP contribution in [0.2, 0.25) is 0 Å². The fourth-order valence-electron chi connectivity index (χ4n) is 2.10. The van der Waals surface area contributed by atoms with E-state index in [-0.39, 0.29) is 5.91 Å². The van der Waals surface area contributed by atoms with E-state index >= 15 is 0 Å². The van der Waals surface area contributed by atoms with E-state index in [2.05, 4.69) is 15.5 Å². The summed E-state index contributed by atoms with van der Waals surface area (Å²) in [7, 11) is 1.65. The molecule has 0 saturated carbocycles. The van der Waals surface area contributed by atoms with E-state index in [0.29, 0.717) is 26.1 Å². The smallest absolute Gasteiger partial charge is 0.267 e. The van der Waals surface area contributed by atoms with Crippen LogP contribution in [0.25, 0.3) is 0 Å². The quantitative estimate of drug-likeness (QED) is 0.832. The van der Waals surface area contributed by atoms with E-state index < -0.39 is 5.60 Å². The molecule has 1 aromatic heterocycles. The number of oxime groups is 1. The Morgan fingerprint density at radius 1 is 1.65 bits per heavy atom. The first-order valence-corrected chi connectivity index (χ1v) is 6.53. The van der Waals surface area contributed by atoms with Gasteiger partial charge >= 0.3 is 0 Å². The molecule has 110 valence electrons. The lowest BCUT2D eigenvalue weighted by Gasteiger charge is -2.20. The topological polar surface area (TPSA) is 77.7 Å². The van der Waals surface area contributed by atoms with Crippen LogP contribution in [0.1, 0.15) is 26.0 Å². The monoisotopic (exact) mass is 280 g/mol. The molecule has 1 N–H and O–H groups in total. The minimum Gasteiger partial charge on any atom is -0.383 e. The van der Waals surface area contributed by atoms with E-state index in [9.17, 15) is 4.79 Å². The fraction of sp³-hybridized carbons (Fsp3) is 0.615. The third-order valence-electron chi connectivity index (χ3n) is 3.24. The highest BCUT2D eigenvalue weighted by molar-refractivity contribution is 5.94. The summed E-state index contributed by atoms with van der Waals surface area (Å²) < 4.78 is 6.98. The van der Waals surface area contributed by atoms with E-state index in [1.54, 1.807) is 26.6 Å². The summed E-state index contributed by atoms with van der Waals surface area (Å²) in [5, 5.41) is 6.70. The lowest BCUT2D eigenvalue weighted by Crippen LogP contribution is -2.44. The number of methoxy groups -OCH3 is 1. The predicted molar refractivity (Wildman–Crippen MR) is 73.2 cm³/mol. The summed E-state index contributed by atoms with van der Waals surface area (Å²) in [4.78, 5) is 21.5. The molecule has 20 heavy (non-hydrogen) atoms. The number of aromatic nitrogens is 2. The lowest BCUT2D eigenvalue weighted by atomic mass is 9.99. The van der Waals surface area contributed by atoms with Crippen molar-refractivity contribution in [3.63, 3.8) is 0 Å². The standard InChI is InChI=1S/C13H20N4O3/c1-10-6-13(2,20-16-10)12(18)15-8-11-7-14-9-17(11)4-5-19-3/h7,9H,4-6,8H2,1-3H3,(H,15,18)/t13-/m1/s1. The van der Waals surface area contributed by atoms with Gasteiger partial charge in [0.25, 0.3) is 5.91 Å². The molecule has 0 aromatic carbocycles. The number of nitrogens with one attached hydrogen (secondary N) is 1. The lowest BCUT2D eigenvalue weighted by molar-refractivity contribution is -0.141. The zero-order valence-corrected chi connectivity index (χ0v) is 12.0. The number of ether oxygens (including phenoxy) is 1. The van der Waals surface area contributed by atoms with E-state index in [4.69, 9.17) is 9.57 Å². The zero-order chi connectivity index (χ0) is 14.6. The van der Waals surface area contributed by atoms with Gasteiger partial charge < -0.3 is 19.5 Å². The number of imidazole rings is 1. The Bertz CT molecular complexity index is 511. The van der Waals surface area contributed by atoms with Crippen LogP contribution in [0.4, 0.5) is 0 Å². The maximum atomic E-state index is 12.2. The number of hydrogen-bond acceptors (Lipinski definition) is 5. The normalized spacial score (nSPS) is 21.4. The molecule has 7 nitrogen and oxygen atoms in total. The number of carbonyl (C=O) groups is 1. The summed E-state index contributed by atoms with van der Waals surface area (Å²) in [6.07, 6.45) is 3.97. The van der Waals surface area contributed by atoms with Crippen molar-refractivity contribution in [3.05, 3.63) is 18.2 Å². The highest BCUT2D eigenvalue weighted by atomic mass is 16.7. The van der Waals surface area contributed by atoms with Gasteiger partial charge in [0.1, 0.15) is 0 Å². The van der Waals surface area contributed by atoms with E-state index in [0.717, 1.165) is 11.4 Å². The Morgan fingerprint density at radius 3 is 3.10 bits per heavy atom. The van der Waals surface area contributed by atoms with Crippen LogP contribution in [0.3, 0.4) is 0 Å². The first-order chi connectivity index (χ1) is 9.55. The van der Waals surface area contributed by atoms with Crippen molar-refractivity contribution >= 4 is 11.6 Å². The average molecular weight is 280 g/mol. The predicted octanol–water partition coefficient (Wildman–Crippen LogP) is 0.701. The second kappa shape index (κ2) is 6.04. The Morgan fingerprint density at radius 2 is 2.45 bits per heavy atom. The first kappa shape index (κ1) is 14.5. The van der Waals surface area contributed by atoms with Gasteiger partial charge in [0.2, 0.25) is 5.60 Å². The maximum Gasteiger partial charge on any atom is 0.267 e. The number of rotatable bonds is 6. The van der Waals surface area contributed by atoms with Crippen LogP contribution in [-0.2, 0) is 27.5 Å². The summed E-state index contributed by atoms with van der Waals surface area (Å²) in [5.74, 6) is -0.169. The third kappa shape index (κ3) is 3.16. The van der Waals surface area contributed by atoms with Crippen LogP contribution < -0.4 is 5.32 Å². The minimum atomic E-state index is -0.901. The Balaban J connectivity index is 1.89. The molecule has 2 rings (SSSR count). The summed E-state index contributed by atoms with van der Waals surface area (Å²) in [6.45, 7) is 5.30. The van der Waals surface area contributed by atoms with Crippen molar-refractivity contribution in [1.82, 2.24) is 14.9 Å². The van der Waals surface area contributed by atoms with Gasteiger partial charge in [0.15, 0.2) is 0 Å². The average Bonchev–Trinajstić information content (AvgIpc) is 3.01. The fourth-order valence-corrected chi connectivity index (χ4v) is 2.10. The van der Waals surface area contributed by atoms with Gasteiger partial charge in [-0.25, -0.2) is 4.98 Å². The van der Waals surface area contributed by atoms with Crippen molar-refractivity contribution in [2.24, 2.45) is 5.16 Å². The van der Waals surface area contributed by atoms with Crippen molar-refractivity contribution in [1.29, 1.82) is 0 Å². The molecule has 0 aliphatic carbocycles. The van der Waals surface area contributed by atoms with Crippen molar-refractivity contribution in [2.75, 3.05) is 13.7 Å². The van der Waals surface area contributed by atoms with Gasteiger partial charge in [-0.15, -0.1) is 0 Å². The maximum absolute atomic E-state index is 12.2. The second-order valence-corrected chi connectivity index (χ2v) is 5.08. The highest BCUT2D eigenvalue weighted by Crippen LogP contribution is 2.23. The molecule has 0 spiro atoms. The molecule has 1 aromatic rings. The van der Waals surface area contributed by atoms with Crippen LogP contribution in [0, 0.1) is 0 Å². The molecule has 0 bridgehead atoms. The summed E-state index contributed by atoms with van der Waals surface area (Å²) in [5.41, 5.74) is 0.851.